The van der Waals surface area contributed by atoms with E-state index < -0.39 is 17.7 Å². The maximum Gasteiger partial charge on any atom is 0.290 e. The van der Waals surface area contributed by atoms with Crippen molar-refractivity contribution in [3.63, 3.8) is 0 Å². The van der Waals surface area contributed by atoms with E-state index in [0.29, 0.717) is 11.3 Å². The van der Waals surface area contributed by atoms with Crippen molar-refractivity contribution in [2.75, 3.05) is 5.01 Å². The third kappa shape index (κ3) is 2.54. The molecule has 1 aromatic carbocycles. The smallest absolute Gasteiger partial charge is 0.273 e. The van der Waals surface area contributed by atoms with Gasteiger partial charge in [-0.3, -0.25) is 14.4 Å². The number of amides is 3. The lowest BCUT2D eigenvalue weighted by Crippen LogP contribution is -2.54. The predicted molar refractivity (Wildman–Crippen MR) is 74.4 cm³/mol. The Labute approximate surface area is 121 Å². The summed E-state index contributed by atoms with van der Waals surface area (Å²) >= 11 is 0. The second kappa shape index (κ2) is 5.59. The standard InChI is InChI=1S/C15H13N3O3/c1-10-8-14(20)18(15(21)13(10)9-16)17(11(2)19)12-6-4-3-5-7-12/h3-7H,8H2,1-2H3. The number of carbonyl (C=O) groups is 3. The van der Waals surface area contributed by atoms with Crippen molar-refractivity contribution < 1.29 is 14.4 Å². The van der Waals surface area contributed by atoms with E-state index in [1.54, 1.807) is 43.3 Å². The van der Waals surface area contributed by atoms with Gasteiger partial charge < -0.3 is 0 Å². The van der Waals surface area contributed by atoms with Crippen LogP contribution < -0.4 is 5.01 Å². The molecule has 0 bridgehead atoms. The summed E-state index contributed by atoms with van der Waals surface area (Å²) in [5, 5.41) is 10.8. The van der Waals surface area contributed by atoms with Gasteiger partial charge >= 0.3 is 0 Å². The van der Waals surface area contributed by atoms with Crippen LogP contribution in [-0.4, -0.2) is 22.7 Å². The van der Waals surface area contributed by atoms with E-state index in [1.807, 2.05) is 0 Å². The zero-order chi connectivity index (χ0) is 15.6. The number of imide groups is 1. The molecular formula is C15H13N3O3. The summed E-state index contributed by atoms with van der Waals surface area (Å²) in [6.45, 7) is 2.82. The molecule has 1 aromatic rings. The van der Waals surface area contributed by atoms with Gasteiger partial charge in [-0.05, 0) is 24.6 Å². The van der Waals surface area contributed by atoms with Gasteiger partial charge in [0.15, 0.2) is 0 Å². The average Bonchev–Trinajstić information content (AvgIpc) is 2.44. The van der Waals surface area contributed by atoms with Gasteiger partial charge in [0, 0.05) is 6.92 Å². The Bertz CT molecular complexity index is 686. The van der Waals surface area contributed by atoms with Crippen molar-refractivity contribution in [1.29, 1.82) is 5.26 Å². The SMILES string of the molecule is CC(=O)N(c1ccccc1)N1C(=O)CC(C)=C(C#N)C1=O. The summed E-state index contributed by atoms with van der Waals surface area (Å²) in [6.07, 6.45) is -0.0642. The van der Waals surface area contributed by atoms with E-state index in [9.17, 15) is 14.4 Å². The van der Waals surface area contributed by atoms with Crippen LogP contribution in [0.5, 0.6) is 0 Å². The first-order chi connectivity index (χ1) is 9.97. The topological polar surface area (TPSA) is 81.5 Å². The number of benzene rings is 1. The van der Waals surface area contributed by atoms with Crippen molar-refractivity contribution in [1.82, 2.24) is 5.01 Å². The molecule has 2 rings (SSSR count). The van der Waals surface area contributed by atoms with Crippen molar-refractivity contribution >= 4 is 23.4 Å². The van der Waals surface area contributed by atoms with Gasteiger partial charge in [-0.1, -0.05) is 18.2 Å². The fraction of sp³-hybridized carbons (Fsp3) is 0.200. The third-order valence-corrected chi connectivity index (χ3v) is 3.10. The lowest BCUT2D eigenvalue weighted by Gasteiger charge is -2.34. The summed E-state index contributed by atoms with van der Waals surface area (Å²) in [5.41, 5.74) is 0.709. The summed E-state index contributed by atoms with van der Waals surface area (Å²) < 4.78 is 0. The van der Waals surface area contributed by atoms with Gasteiger partial charge in [0.1, 0.15) is 11.6 Å². The Morgan fingerprint density at radius 1 is 1.29 bits per heavy atom. The molecule has 0 N–H and O–H groups in total. The molecule has 0 unspecified atom stereocenters. The molecule has 0 saturated carbocycles. The molecule has 6 heteroatoms. The quantitative estimate of drug-likeness (QED) is 0.771. The van der Waals surface area contributed by atoms with E-state index in [0.717, 1.165) is 10.0 Å². The number of hydrogen-bond acceptors (Lipinski definition) is 4. The fourth-order valence-corrected chi connectivity index (χ4v) is 2.14. The van der Waals surface area contributed by atoms with Crippen molar-refractivity contribution in [3.05, 3.63) is 41.5 Å². The van der Waals surface area contributed by atoms with Gasteiger partial charge in [-0.15, -0.1) is 0 Å². The monoisotopic (exact) mass is 283 g/mol. The van der Waals surface area contributed by atoms with E-state index in [-0.39, 0.29) is 12.0 Å². The molecular weight excluding hydrogens is 270 g/mol. The summed E-state index contributed by atoms with van der Waals surface area (Å²) in [6, 6.07) is 10.2. The van der Waals surface area contributed by atoms with Crippen molar-refractivity contribution in [2.45, 2.75) is 20.3 Å². The molecule has 0 aromatic heterocycles. The minimum Gasteiger partial charge on any atom is -0.273 e. The van der Waals surface area contributed by atoms with Crippen LogP contribution in [0.4, 0.5) is 5.69 Å². The highest BCUT2D eigenvalue weighted by Gasteiger charge is 2.37. The van der Waals surface area contributed by atoms with Gasteiger partial charge in [0.25, 0.3) is 11.8 Å². The first-order valence-electron chi connectivity index (χ1n) is 6.30. The second-order valence-electron chi connectivity index (χ2n) is 4.62. The molecule has 0 atom stereocenters. The molecule has 0 spiro atoms. The van der Waals surface area contributed by atoms with Gasteiger partial charge in [0.2, 0.25) is 5.91 Å². The Balaban J connectivity index is 2.52. The third-order valence-electron chi connectivity index (χ3n) is 3.10. The Morgan fingerprint density at radius 3 is 2.43 bits per heavy atom. The fourth-order valence-electron chi connectivity index (χ4n) is 2.14. The molecule has 1 aliphatic rings. The highest BCUT2D eigenvalue weighted by atomic mass is 16.2. The molecule has 106 valence electrons. The molecule has 3 amide bonds. The van der Waals surface area contributed by atoms with Gasteiger partial charge in [-0.25, -0.2) is 5.01 Å². The van der Waals surface area contributed by atoms with Crippen LogP contribution in [0.2, 0.25) is 0 Å². The van der Waals surface area contributed by atoms with Crippen LogP contribution >= 0.6 is 0 Å². The minimum absolute atomic E-state index is 0.0642. The highest BCUT2D eigenvalue weighted by molar-refractivity contribution is 6.14. The van der Waals surface area contributed by atoms with Gasteiger partial charge in [-0.2, -0.15) is 10.3 Å². The lowest BCUT2D eigenvalue weighted by atomic mass is 10.0. The number of carbonyl (C=O) groups excluding carboxylic acids is 3. The first-order valence-corrected chi connectivity index (χ1v) is 6.30. The number of hydrogen-bond donors (Lipinski definition) is 0. The van der Waals surface area contributed by atoms with Gasteiger partial charge in [0.05, 0.1) is 12.1 Å². The number of rotatable bonds is 2. The van der Waals surface area contributed by atoms with Crippen LogP contribution in [0, 0.1) is 11.3 Å². The van der Waals surface area contributed by atoms with Crippen molar-refractivity contribution in [3.8, 4) is 6.07 Å². The Kier molecular flexibility index (Phi) is 3.85. The first kappa shape index (κ1) is 14.5. The number of para-hydroxylation sites is 1. The van der Waals surface area contributed by atoms with E-state index in [4.69, 9.17) is 5.26 Å². The van der Waals surface area contributed by atoms with Crippen LogP contribution in [0.1, 0.15) is 20.3 Å². The maximum atomic E-state index is 12.3. The largest absolute Gasteiger partial charge is 0.290 e. The van der Waals surface area contributed by atoms with E-state index >= 15 is 0 Å². The van der Waals surface area contributed by atoms with E-state index in [1.165, 1.54) is 6.92 Å². The molecule has 0 radical (unpaired) electrons. The Morgan fingerprint density at radius 2 is 1.90 bits per heavy atom. The number of anilines is 1. The van der Waals surface area contributed by atoms with E-state index in [2.05, 4.69) is 0 Å². The number of nitrogens with zero attached hydrogens (tertiary/aromatic N) is 3. The molecule has 1 heterocycles. The molecule has 6 nitrogen and oxygen atoms in total. The predicted octanol–water partition coefficient (Wildman–Crippen LogP) is 1.55. The molecule has 21 heavy (non-hydrogen) atoms. The molecule has 0 saturated heterocycles. The summed E-state index contributed by atoms with van der Waals surface area (Å²) in [4.78, 5) is 36.4. The normalized spacial score (nSPS) is 15.0. The van der Waals surface area contributed by atoms with Crippen LogP contribution in [0.25, 0.3) is 0 Å². The van der Waals surface area contributed by atoms with Crippen molar-refractivity contribution in [2.24, 2.45) is 0 Å². The highest BCUT2D eigenvalue weighted by Crippen LogP contribution is 2.25. The van der Waals surface area contributed by atoms with Crippen LogP contribution in [-0.2, 0) is 14.4 Å². The van der Waals surface area contributed by atoms with Crippen LogP contribution in [0.3, 0.4) is 0 Å². The average molecular weight is 283 g/mol. The lowest BCUT2D eigenvalue weighted by molar-refractivity contribution is -0.147. The molecule has 0 fully saturated rings. The number of hydrazine groups is 1. The zero-order valence-electron chi connectivity index (χ0n) is 11.7. The molecule has 0 aliphatic carbocycles. The molecule has 1 aliphatic heterocycles. The zero-order valence-corrected chi connectivity index (χ0v) is 11.7. The Hall–Kier alpha value is -2.94. The minimum atomic E-state index is -0.773. The second-order valence-corrected chi connectivity index (χ2v) is 4.62. The van der Waals surface area contributed by atoms with Crippen LogP contribution in [0.15, 0.2) is 41.5 Å². The summed E-state index contributed by atoms with van der Waals surface area (Å²) in [7, 11) is 0. The number of nitriles is 1. The summed E-state index contributed by atoms with van der Waals surface area (Å²) in [5.74, 6) is -1.79. The maximum absolute atomic E-state index is 12.3.